The number of hydrogen-bond acceptors (Lipinski definition) is 6. The fraction of sp³-hybridized carbons (Fsp3) is 0.368. The SMILES string of the molecule is COc1cc(C)sc1C(=O)N[C@@H]1COCC[C@H]1Oc1ccc(C#N)cc1. The van der Waals surface area contributed by atoms with Crippen LogP contribution in [0.4, 0.5) is 0 Å². The van der Waals surface area contributed by atoms with Gasteiger partial charge < -0.3 is 19.5 Å². The molecule has 1 N–H and O–H groups in total. The number of rotatable bonds is 5. The van der Waals surface area contributed by atoms with Crippen LogP contribution in [0, 0.1) is 18.3 Å². The summed E-state index contributed by atoms with van der Waals surface area (Å²) in [5.41, 5.74) is 0.578. The summed E-state index contributed by atoms with van der Waals surface area (Å²) in [7, 11) is 1.55. The van der Waals surface area contributed by atoms with E-state index in [9.17, 15) is 4.79 Å². The minimum Gasteiger partial charge on any atom is -0.495 e. The number of benzene rings is 1. The molecule has 136 valence electrons. The van der Waals surface area contributed by atoms with E-state index in [-0.39, 0.29) is 18.1 Å². The maximum atomic E-state index is 12.7. The summed E-state index contributed by atoms with van der Waals surface area (Å²) in [5, 5.41) is 11.9. The second-order valence-electron chi connectivity index (χ2n) is 5.99. The fourth-order valence-electron chi connectivity index (χ4n) is 2.81. The first-order valence-corrected chi connectivity index (χ1v) is 9.12. The third kappa shape index (κ3) is 4.15. The molecule has 0 bridgehead atoms. The van der Waals surface area contributed by atoms with Crippen molar-refractivity contribution < 1.29 is 19.0 Å². The second-order valence-corrected chi connectivity index (χ2v) is 7.25. The van der Waals surface area contributed by atoms with Gasteiger partial charge in [0, 0.05) is 11.3 Å². The Bertz CT molecular complexity index is 810. The van der Waals surface area contributed by atoms with E-state index >= 15 is 0 Å². The predicted octanol–water partition coefficient (Wildman–Crippen LogP) is 2.90. The molecule has 2 atom stereocenters. The maximum Gasteiger partial charge on any atom is 0.265 e. The molecule has 1 aliphatic rings. The number of hydrogen-bond donors (Lipinski definition) is 1. The lowest BCUT2D eigenvalue weighted by Gasteiger charge is -2.32. The first-order chi connectivity index (χ1) is 12.6. The number of methoxy groups -OCH3 is 1. The molecule has 7 heteroatoms. The Morgan fingerprint density at radius 1 is 1.38 bits per heavy atom. The van der Waals surface area contributed by atoms with Gasteiger partial charge in [-0.15, -0.1) is 11.3 Å². The van der Waals surface area contributed by atoms with Crippen molar-refractivity contribution in [1.29, 1.82) is 5.26 Å². The van der Waals surface area contributed by atoms with Crippen LogP contribution in [-0.2, 0) is 4.74 Å². The van der Waals surface area contributed by atoms with Crippen LogP contribution in [-0.4, -0.2) is 38.4 Å². The quantitative estimate of drug-likeness (QED) is 0.873. The van der Waals surface area contributed by atoms with Crippen molar-refractivity contribution in [3.63, 3.8) is 0 Å². The van der Waals surface area contributed by atoms with Gasteiger partial charge in [0.2, 0.25) is 0 Å². The van der Waals surface area contributed by atoms with E-state index in [0.29, 0.717) is 41.6 Å². The van der Waals surface area contributed by atoms with Crippen LogP contribution in [0.3, 0.4) is 0 Å². The standard InChI is InChI=1S/C19H20N2O4S/c1-12-9-17(23-2)18(26-12)19(22)21-15-11-24-8-7-16(15)25-14-5-3-13(10-20)4-6-14/h3-6,9,15-16H,7-8,11H2,1-2H3,(H,21,22)/t15-,16-/m1/s1. The zero-order valence-corrected chi connectivity index (χ0v) is 15.5. The van der Waals surface area contributed by atoms with E-state index in [0.717, 1.165) is 4.88 Å². The number of nitrogens with zero attached hydrogens (tertiary/aromatic N) is 1. The van der Waals surface area contributed by atoms with Crippen molar-refractivity contribution in [3.8, 4) is 17.6 Å². The van der Waals surface area contributed by atoms with E-state index in [1.54, 1.807) is 31.4 Å². The summed E-state index contributed by atoms with van der Waals surface area (Å²) in [5.74, 6) is 1.05. The van der Waals surface area contributed by atoms with Gasteiger partial charge in [-0.05, 0) is 37.3 Å². The highest BCUT2D eigenvalue weighted by molar-refractivity contribution is 7.14. The largest absolute Gasteiger partial charge is 0.495 e. The smallest absolute Gasteiger partial charge is 0.265 e. The van der Waals surface area contributed by atoms with Gasteiger partial charge in [0.05, 0.1) is 38.0 Å². The van der Waals surface area contributed by atoms with E-state index in [1.807, 2.05) is 13.0 Å². The number of carbonyl (C=O) groups excluding carboxylic acids is 1. The van der Waals surface area contributed by atoms with Gasteiger partial charge >= 0.3 is 0 Å². The Labute approximate surface area is 156 Å². The van der Waals surface area contributed by atoms with Crippen LogP contribution in [0.25, 0.3) is 0 Å². The van der Waals surface area contributed by atoms with Crippen molar-refractivity contribution >= 4 is 17.2 Å². The third-order valence-electron chi connectivity index (χ3n) is 4.13. The zero-order valence-electron chi connectivity index (χ0n) is 14.7. The van der Waals surface area contributed by atoms with Gasteiger partial charge in [0.1, 0.15) is 22.5 Å². The molecule has 2 aromatic rings. The lowest BCUT2D eigenvalue weighted by molar-refractivity contribution is -0.00285. The molecule has 0 aliphatic carbocycles. The number of ether oxygens (including phenoxy) is 3. The number of amides is 1. The zero-order chi connectivity index (χ0) is 18.5. The first-order valence-electron chi connectivity index (χ1n) is 8.30. The molecular weight excluding hydrogens is 352 g/mol. The summed E-state index contributed by atoms with van der Waals surface area (Å²) < 4.78 is 16.8. The molecule has 1 aliphatic heterocycles. The van der Waals surface area contributed by atoms with E-state index < -0.39 is 0 Å². The van der Waals surface area contributed by atoms with Gasteiger partial charge in [0.15, 0.2) is 0 Å². The molecule has 0 saturated carbocycles. The maximum absolute atomic E-state index is 12.7. The number of nitrogens with one attached hydrogen (secondary N) is 1. The summed E-state index contributed by atoms with van der Waals surface area (Å²) in [6, 6.07) is 10.6. The Morgan fingerprint density at radius 3 is 2.85 bits per heavy atom. The van der Waals surface area contributed by atoms with Crippen molar-refractivity contribution in [2.24, 2.45) is 0 Å². The molecule has 26 heavy (non-hydrogen) atoms. The average Bonchev–Trinajstić information content (AvgIpc) is 3.05. The molecule has 1 aromatic heterocycles. The molecule has 0 spiro atoms. The molecule has 1 fully saturated rings. The first kappa shape index (κ1) is 18.2. The Morgan fingerprint density at radius 2 is 2.15 bits per heavy atom. The molecular formula is C19H20N2O4S. The highest BCUT2D eigenvalue weighted by Crippen LogP contribution is 2.29. The van der Waals surface area contributed by atoms with Crippen LogP contribution in [0.2, 0.25) is 0 Å². The van der Waals surface area contributed by atoms with Gasteiger partial charge in [-0.25, -0.2) is 0 Å². The molecule has 1 amide bonds. The third-order valence-corrected chi connectivity index (χ3v) is 5.16. The summed E-state index contributed by atoms with van der Waals surface area (Å²) >= 11 is 1.40. The summed E-state index contributed by atoms with van der Waals surface area (Å²) in [4.78, 5) is 14.2. The Hall–Kier alpha value is -2.56. The van der Waals surface area contributed by atoms with Crippen molar-refractivity contribution in [2.75, 3.05) is 20.3 Å². The molecule has 1 saturated heterocycles. The monoisotopic (exact) mass is 372 g/mol. The van der Waals surface area contributed by atoms with Crippen molar-refractivity contribution in [2.45, 2.75) is 25.5 Å². The lowest BCUT2D eigenvalue weighted by Crippen LogP contribution is -2.51. The van der Waals surface area contributed by atoms with Crippen LogP contribution >= 0.6 is 11.3 Å². The summed E-state index contributed by atoms with van der Waals surface area (Å²) in [6.07, 6.45) is 0.471. The molecule has 6 nitrogen and oxygen atoms in total. The minimum absolute atomic E-state index is 0.191. The predicted molar refractivity (Wildman–Crippen MR) is 97.9 cm³/mol. The normalized spacial score (nSPS) is 19.4. The average molecular weight is 372 g/mol. The van der Waals surface area contributed by atoms with Crippen LogP contribution < -0.4 is 14.8 Å². The van der Waals surface area contributed by atoms with Gasteiger partial charge in [-0.2, -0.15) is 5.26 Å². The van der Waals surface area contributed by atoms with Gasteiger partial charge in [-0.3, -0.25) is 4.79 Å². The molecule has 0 radical (unpaired) electrons. The number of nitriles is 1. The van der Waals surface area contributed by atoms with Crippen LogP contribution in [0.1, 0.15) is 26.5 Å². The Balaban J connectivity index is 1.70. The molecule has 1 aromatic carbocycles. The summed E-state index contributed by atoms with van der Waals surface area (Å²) in [6.45, 7) is 2.90. The molecule has 3 rings (SSSR count). The highest BCUT2D eigenvalue weighted by atomic mass is 32.1. The number of aryl methyl sites for hydroxylation is 1. The van der Waals surface area contributed by atoms with E-state index in [2.05, 4.69) is 11.4 Å². The molecule has 2 heterocycles. The van der Waals surface area contributed by atoms with Crippen molar-refractivity contribution in [1.82, 2.24) is 5.32 Å². The van der Waals surface area contributed by atoms with E-state index in [1.165, 1.54) is 11.3 Å². The fourth-order valence-corrected chi connectivity index (χ4v) is 3.69. The minimum atomic E-state index is -0.265. The van der Waals surface area contributed by atoms with Crippen LogP contribution in [0.15, 0.2) is 30.3 Å². The molecule has 0 unspecified atom stereocenters. The topological polar surface area (TPSA) is 80.6 Å². The second kappa shape index (κ2) is 8.21. The highest BCUT2D eigenvalue weighted by Gasteiger charge is 2.30. The van der Waals surface area contributed by atoms with E-state index in [4.69, 9.17) is 19.5 Å². The number of thiophene rings is 1. The van der Waals surface area contributed by atoms with Gasteiger partial charge in [0.25, 0.3) is 5.91 Å². The van der Waals surface area contributed by atoms with Gasteiger partial charge in [-0.1, -0.05) is 0 Å². The van der Waals surface area contributed by atoms with Crippen LogP contribution in [0.5, 0.6) is 11.5 Å². The Kier molecular flexibility index (Phi) is 5.76. The number of carbonyl (C=O) groups is 1. The van der Waals surface area contributed by atoms with Crippen molar-refractivity contribution in [3.05, 3.63) is 45.6 Å². The lowest BCUT2D eigenvalue weighted by atomic mass is 10.1.